The minimum absolute atomic E-state index is 0.317. The maximum Gasteiger partial charge on any atom is 0.338 e. The van der Waals surface area contributed by atoms with E-state index in [2.05, 4.69) is 5.32 Å². The highest BCUT2D eigenvalue weighted by Gasteiger charge is 2.19. The fraction of sp³-hybridized carbons (Fsp3) is 0.263. The predicted molar refractivity (Wildman–Crippen MR) is 99.0 cm³/mol. The van der Waals surface area contributed by atoms with Gasteiger partial charge in [-0.15, -0.1) is 0 Å². The third-order valence-corrected chi connectivity index (χ3v) is 4.20. The van der Waals surface area contributed by atoms with Crippen LogP contribution in [0.5, 0.6) is 0 Å². The summed E-state index contributed by atoms with van der Waals surface area (Å²) in [5, 5.41) is 2.58. The van der Waals surface area contributed by atoms with E-state index in [1.165, 1.54) is 31.2 Å². The van der Waals surface area contributed by atoms with Gasteiger partial charge in [-0.05, 0) is 48.9 Å². The monoisotopic (exact) mass is 395 g/mol. The summed E-state index contributed by atoms with van der Waals surface area (Å²) in [7, 11) is 1.55. The molecule has 1 atom stereocenters. The first-order chi connectivity index (χ1) is 12.9. The minimum atomic E-state index is -2.51. The number of carbonyl (C=O) groups is 2. The molecule has 144 valence electrons. The molecule has 8 heteroatoms. The zero-order chi connectivity index (χ0) is 19.8. The molecule has 0 aliphatic carbocycles. The second-order valence-electron chi connectivity index (χ2n) is 5.57. The summed E-state index contributed by atoms with van der Waals surface area (Å²) >= 11 is 0.419. The quantitative estimate of drug-likeness (QED) is 0.532. The molecule has 0 aliphatic heterocycles. The number of alkyl halides is 2. The Morgan fingerprint density at radius 3 is 2.48 bits per heavy atom. The highest BCUT2D eigenvalue weighted by molar-refractivity contribution is 7.99. The number of carbonyl (C=O) groups excluding carboxylic acids is 2. The molecule has 2 aromatic rings. The van der Waals surface area contributed by atoms with Crippen molar-refractivity contribution in [2.75, 3.05) is 12.4 Å². The van der Waals surface area contributed by atoms with E-state index in [0.29, 0.717) is 34.5 Å². The average Bonchev–Trinajstić information content (AvgIpc) is 2.63. The van der Waals surface area contributed by atoms with Crippen molar-refractivity contribution < 1.29 is 27.8 Å². The van der Waals surface area contributed by atoms with Gasteiger partial charge in [0, 0.05) is 17.7 Å². The Kier molecular flexibility index (Phi) is 7.75. The molecule has 0 aromatic heterocycles. The molecule has 0 heterocycles. The Morgan fingerprint density at radius 2 is 1.85 bits per heavy atom. The molecule has 0 saturated carbocycles. The lowest BCUT2D eigenvalue weighted by Gasteiger charge is -2.14. The maximum atomic E-state index is 12.3. The summed E-state index contributed by atoms with van der Waals surface area (Å²) in [5.74, 6) is -3.66. The molecular formula is C19H19F2NO4S. The first kappa shape index (κ1) is 20.9. The van der Waals surface area contributed by atoms with Crippen molar-refractivity contribution in [3.63, 3.8) is 0 Å². The second kappa shape index (κ2) is 10.0. The summed E-state index contributed by atoms with van der Waals surface area (Å²) in [6.45, 7) is 1.81. The van der Waals surface area contributed by atoms with Gasteiger partial charge >= 0.3 is 5.97 Å². The molecule has 2 aromatic carbocycles. The van der Waals surface area contributed by atoms with Crippen LogP contribution < -0.4 is 5.32 Å². The SMILES string of the molecule is COCc1cccc(C(=O)O[C@@H](C)C(=O)Nc2ccc(SC(F)F)cc2)c1. The van der Waals surface area contributed by atoms with E-state index in [0.717, 1.165) is 5.56 Å². The second-order valence-corrected chi connectivity index (χ2v) is 6.64. The normalized spacial score (nSPS) is 11.9. The largest absolute Gasteiger partial charge is 0.449 e. The van der Waals surface area contributed by atoms with Crippen LogP contribution in [0.1, 0.15) is 22.8 Å². The van der Waals surface area contributed by atoms with Gasteiger partial charge < -0.3 is 14.8 Å². The standard InChI is InChI=1S/C19H19F2NO4S/c1-12(26-18(24)14-5-3-4-13(10-14)11-25-2)17(23)22-15-6-8-16(9-7-15)27-19(20)21/h3-10,12,19H,11H2,1-2H3,(H,22,23)/t12-/m0/s1. The molecule has 0 aliphatic rings. The van der Waals surface area contributed by atoms with Crippen LogP contribution in [0.2, 0.25) is 0 Å². The zero-order valence-electron chi connectivity index (χ0n) is 14.8. The Balaban J connectivity index is 1.93. The van der Waals surface area contributed by atoms with E-state index in [9.17, 15) is 18.4 Å². The number of hydrogen-bond acceptors (Lipinski definition) is 5. The van der Waals surface area contributed by atoms with Gasteiger partial charge in [0.1, 0.15) is 0 Å². The zero-order valence-corrected chi connectivity index (χ0v) is 15.6. The maximum absolute atomic E-state index is 12.3. The van der Waals surface area contributed by atoms with Crippen molar-refractivity contribution in [3.8, 4) is 0 Å². The molecule has 0 bridgehead atoms. The first-order valence-corrected chi connectivity index (χ1v) is 8.91. The van der Waals surface area contributed by atoms with Gasteiger partial charge in [0.25, 0.3) is 11.7 Å². The lowest BCUT2D eigenvalue weighted by atomic mass is 10.1. The summed E-state index contributed by atoms with van der Waals surface area (Å²) in [6.07, 6.45) is -1.03. The molecule has 0 unspecified atom stereocenters. The summed E-state index contributed by atoms with van der Waals surface area (Å²) < 4.78 is 34.8. The molecule has 0 fully saturated rings. The summed E-state index contributed by atoms with van der Waals surface area (Å²) in [6, 6.07) is 12.7. The number of amides is 1. The van der Waals surface area contributed by atoms with Crippen LogP contribution in [0.25, 0.3) is 0 Å². The van der Waals surface area contributed by atoms with Crippen molar-refractivity contribution in [1.29, 1.82) is 0 Å². The average molecular weight is 395 g/mol. The van der Waals surface area contributed by atoms with Crippen LogP contribution >= 0.6 is 11.8 Å². The van der Waals surface area contributed by atoms with Gasteiger partial charge in [0.05, 0.1) is 12.2 Å². The van der Waals surface area contributed by atoms with E-state index in [4.69, 9.17) is 9.47 Å². The smallest absolute Gasteiger partial charge is 0.338 e. The van der Waals surface area contributed by atoms with Gasteiger partial charge in [-0.1, -0.05) is 23.9 Å². The lowest BCUT2D eigenvalue weighted by molar-refractivity contribution is -0.123. The molecule has 0 radical (unpaired) electrons. The molecule has 0 spiro atoms. The number of benzene rings is 2. The molecule has 2 rings (SSSR count). The number of ether oxygens (including phenoxy) is 2. The Labute approximate surface area is 160 Å². The highest BCUT2D eigenvalue weighted by atomic mass is 32.2. The molecule has 1 N–H and O–H groups in total. The van der Waals surface area contributed by atoms with Crippen molar-refractivity contribution in [2.24, 2.45) is 0 Å². The van der Waals surface area contributed by atoms with E-state index in [1.54, 1.807) is 25.3 Å². The van der Waals surface area contributed by atoms with Crippen LogP contribution in [0.15, 0.2) is 53.4 Å². The highest BCUT2D eigenvalue weighted by Crippen LogP contribution is 2.26. The number of halogens is 2. The van der Waals surface area contributed by atoms with Crippen LogP contribution in [0.3, 0.4) is 0 Å². The van der Waals surface area contributed by atoms with Crippen molar-refractivity contribution in [2.45, 2.75) is 30.3 Å². The summed E-state index contributed by atoms with van der Waals surface area (Å²) in [4.78, 5) is 24.8. The third-order valence-electron chi connectivity index (χ3n) is 3.47. The predicted octanol–water partition coefficient (Wildman–Crippen LogP) is 4.33. The van der Waals surface area contributed by atoms with Crippen LogP contribution in [0.4, 0.5) is 14.5 Å². The van der Waals surface area contributed by atoms with Gasteiger partial charge in [0.15, 0.2) is 6.10 Å². The van der Waals surface area contributed by atoms with Crippen LogP contribution in [0, 0.1) is 0 Å². The number of anilines is 1. The van der Waals surface area contributed by atoms with E-state index >= 15 is 0 Å². The Hall–Kier alpha value is -2.45. The fourth-order valence-corrected chi connectivity index (χ4v) is 2.70. The van der Waals surface area contributed by atoms with Gasteiger partial charge in [-0.2, -0.15) is 8.78 Å². The number of hydrogen-bond donors (Lipinski definition) is 1. The third kappa shape index (κ3) is 6.65. The first-order valence-electron chi connectivity index (χ1n) is 8.03. The Morgan fingerprint density at radius 1 is 1.15 bits per heavy atom. The van der Waals surface area contributed by atoms with Crippen LogP contribution in [-0.2, 0) is 20.9 Å². The van der Waals surface area contributed by atoms with Gasteiger partial charge in [-0.3, -0.25) is 4.79 Å². The number of rotatable bonds is 8. The van der Waals surface area contributed by atoms with Crippen molar-refractivity contribution in [3.05, 3.63) is 59.7 Å². The Bertz CT molecular complexity index is 784. The van der Waals surface area contributed by atoms with E-state index in [1.807, 2.05) is 6.07 Å². The molecular weight excluding hydrogens is 376 g/mol. The van der Waals surface area contributed by atoms with Crippen molar-refractivity contribution >= 4 is 29.3 Å². The number of thioether (sulfide) groups is 1. The van der Waals surface area contributed by atoms with Crippen molar-refractivity contribution in [1.82, 2.24) is 0 Å². The topological polar surface area (TPSA) is 64.6 Å². The van der Waals surface area contributed by atoms with Gasteiger partial charge in [0.2, 0.25) is 0 Å². The van der Waals surface area contributed by atoms with E-state index < -0.39 is 23.7 Å². The minimum Gasteiger partial charge on any atom is -0.449 e. The lowest BCUT2D eigenvalue weighted by Crippen LogP contribution is -2.30. The number of esters is 1. The molecule has 27 heavy (non-hydrogen) atoms. The van der Waals surface area contributed by atoms with E-state index in [-0.39, 0.29) is 0 Å². The summed E-state index contributed by atoms with van der Waals surface area (Å²) in [5.41, 5.74) is 1.55. The number of nitrogens with one attached hydrogen (secondary N) is 1. The number of methoxy groups -OCH3 is 1. The van der Waals surface area contributed by atoms with Gasteiger partial charge in [-0.25, -0.2) is 4.79 Å². The molecule has 0 saturated heterocycles. The molecule has 1 amide bonds. The molecule has 5 nitrogen and oxygen atoms in total. The fourth-order valence-electron chi connectivity index (χ4n) is 2.20. The van der Waals surface area contributed by atoms with Crippen LogP contribution in [-0.4, -0.2) is 30.8 Å².